The van der Waals surface area contributed by atoms with Gasteiger partial charge in [-0.3, -0.25) is 14.5 Å². The molecule has 2 amide bonds. The van der Waals surface area contributed by atoms with Gasteiger partial charge in [0.1, 0.15) is 0 Å². The number of imide groups is 1. The molecule has 2 fully saturated rings. The van der Waals surface area contributed by atoms with Gasteiger partial charge in [0, 0.05) is 18.6 Å². The van der Waals surface area contributed by atoms with Gasteiger partial charge >= 0.3 is 0 Å². The van der Waals surface area contributed by atoms with Gasteiger partial charge in [-0.25, -0.2) is 0 Å². The highest BCUT2D eigenvalue weighted by Crippen LogP contribution is 2.47. The molecule has 1 unspecified atom stereocenters. The Kier molecular flexibility index (Phi) is 4.52. The minimum atomic E-state index is -0.529. The van der Waals surface area contributed by atoms with Crippen LogP contribution in [0.4, 0.5) is 0 Å². The Hall–Kier alpha value is -0.900. The second-order valence-corrected chi connectivity index (χ2v) is 6.73. The molecule has 1 heterocycles. The molecular formula is C16H27NO3. The van der Waals surface area contributed by atoms with Crippen LogP contribution in [0.2, 0.25) is 0 Å². The van der Waals surface area contributed by atoms with Crippen LogP contribution in [0.5, 0.6) is 0 Å². The fraction of sp³-hybridized carbons (Fsp3) is 0.875. The molecule has 1 saturated heterocycles. The maximum absolute atomic E-state index is 12.9. The number of hydrogen-bond donors (Lipinski definition) is 1. The zero-order valence-electron chi connectivity index (χ0n) is 12.8. The van der Waals surface area contributed by atoms with Gasteiger partial charge in [-0.1, -0.05) is 32.6 Å². The fourth-order valence-corrected chi connectivity index (χ4v) is 3.82. The summed E-state index contributed by atoms with van der Waals surface area (Å²) in [5.74, 6) is -0.00287. The van der Waals surface area contributed by atoms with E-state index < -0.39 is 11.0 Å². The van der Waals surface area contributed by atoms with E-state index in [4.69, 9.17) is 0 Å². The Morgan fingerprint density at radius 2 is 1.80 bits per heavy atom. The van der Waals surface area contributed by atoms with Crippen LogP contribution in [-0.2, 0) is 9.59 Å². The van der Waals surface area contributed by atoms with Gasteiger partial charge in [-0.05, 0) is 32.6 Å². The number of hydrogen-bond acceptors (Lipinski definition) is 3. The van der Waals surface area contributed by atoms with Crippen molar-refractivity contribution >= 4 is 11.8 Å². The first-order valence-electron chi connectivity index (χ1n) is 7.97. The summed E-state index contributed by atoms with van der Waals surface area (Å²) in [5.41, 5.74) is -0.960. The first-order chi connectivity index (χ1) is 9.49. The maximum atomic E-state index is 12.9. The molecule has 1 saturated carbocycles. The molecule has 1 spiro atoms. The maximum Gasteiger partial charge on any atom is 0.236 e. The van der Waals surface area contributed by atoms with E-state index in [1.54, 1.807) is 0 Å². The quantitative estimate of drug-likeness (QED) is 0.806. The second-order valence-electron chi connectivity index (χ2n) is 6.73. The molecule has 2 rings (SSSR count). The van der Waals surface area contributed by atoms with Gasteiger partial charge in [0.2, 0.25) is 11.8 Å². The topological polar surface area (TPSA) is 57.6 Å². The molecule has 0 aromatic rings. The van der Waals surface area contributed by atoms with Gasteiger partial charge < -0.3 is 5.11 Å². The minimum Gasteiger partial charge on any atom is -0.396 e. The van der Waals surface area contributed by atoms with Gasteiger partial charge in [-0.2, -0.15) is 0 Å². The summed E-state index contributed by atoms with van der Waals surface area (Å²) in [6.07, 6.45) is 7.70. The van der Waals surface area contributed by atoms with Crippen molar-refractivity contribution in [1.29, 1.82) is 0 Å². The Morgan fingerprint density at radius 3 is 2.30 bits per heavy atom. The standard InChI is InChI=1S/C16H27NO3/c1-3-15(2,10-11-18)17-13(19)12-16(14(17)20)8-6-4-5-7-9-16/h18H,3-12H2,1-2H3. The molecule has 1 atom stereocenters. The smallest absolute Gasteiger partial charge is 0.236 e. The number of carbonyl (C=O) groups excluding carboxylic acids is 2. The molecule has 0 aromatic carbocycles. The zero-order valence-corrected chi connectivity index (χ0v) is 12.8. The molecule has 1 aliphatic heterocycles. The van der Waals surface area contributed by atoms with Crippen LogP contribution in [0.1, 0.15) is 71.6 Å². The monoisotopic (exact) mass is 281 g/mol. The summed E-state index contributed by atoms with van der Waals surface area (Å²) in [7, 11) is 0. The van der Waals surface area contributed by atoms with Crippen molar-refractivity contribution in [3.63, 3.8) is 0 Å². The molecular weight excluding hydrogens is 254 g/mol. The Balaban J connectivity index is 2.28. The van der Waals surface area contributed by atoms with E-state index in [1.807, 2.05) is 13.8 Å². The molecule has 0 radical (unpaired) electrons. The summed E-state index contributed by atoms with van der Waals surface area (Å²) in [4.78, 5) is 26.9. The van der Waals surface area contributed by atoms with Crippen molar-refractivity contribution in [2.75, 3.05) is 6.61 Å². The Labute approximate surface area is 121 Å². The highest BCUT2D eigenvalue weighted by molar-refractivity contribution is 6.06. The number of likely N-dealkylation sites (tertiary alicyclic amines) is 1. The largest absolute Gasteiger partial charge is 0.396 e. The van der Waals surface area contributed by atoms with E-state index in [1.165, 1.54) is 17.7 Å². The fourth-order valence-electron chi connectivity index (χ4n) is 3.82. The lowest BCUT2D eigenvalue weighted by atomic mass is 9.78. The van der Waals surface area contributed by atoms with Crippen molar-refractivity contribution < 1.29 is 14.7 Å². The number of nitrogens with zero attached hydrogens (tertiary/aromatic N) is 1. The average molecular weight is 281 g/mol. The molecule has 1 aliphatic carbocycles. The first kappa shape index (κ1) is 15.5. The Bertz CT molecular complexity index is 385. The van der Waals surface area contributed by atoms with E-state index in [2.05, 4.69) is 0 Å². The van der Waals surface area contributed by atoms with Crippen LogP contribution >= 0.6 is 0 Å². The molecule has 0 bridgehead atoms. The Morgan fingerprint density at radius 1 is 1.20 bits per heavy atom. The lowest BCUT2D eigenvalue weighted by molar-refractivity contribution is -0.149. The molecule has 4 heteroatoms. The van der Waals surface area contributed by atoms with E-state index in [-0.39, 0.29) is 18.4 Å². The van der Waals surface area contributed by atoms with E-state index in [0.717, 1.165) is 25.7 Å². The highest BCUT2D eigenvalue weighted by Gasteiger charge is 2.55. The highest BCUT2D eigenvalue weighted by atomic mass is 16.3. The molecule has 0 aromatic heterocycles. The number of carbonyl (C=O) groups is 2. The van der Waals surface area contributed by atoms with Crippen molar-refractivity contribution in [2.24, 2.45) is 5.41 Å². The van der Waals surface area contributed by atoms with Crippen LogP contribution in [0.25, 0.3) is 0 Å². The third kappa shape index (κ3) is 2.50. The van der Waals surface area contributed by atoms with Gasteiger partial charge in [0.05, 0.1) is 5.41 Å². The lowest BCUT2D eigenvalue weighted by Gasteiger charge is -2.38. The third-order valence-electron chi connectivity index (χ3n) is 5.41. The molecule has 1 N–H and O–H groups in total. The van der Waals surface area contributed by atoms with Crippen molar-refractivity contribution in [2.45, 2.75) is 77.2 Å². The number of amides is 2. The number of rotatable bonds is 4. The van der Waals surface area contributed by atoms with Crippen molar-refractivity contribution in [1.82, 2.24) is 4.90 Å². The SMILES string of the molecule is CCC(C)(CCO)N1C(=O)CC2(CCCCCC2)C1=O. The first-order valence-corrected chi connectivity index (χ1v) is 7.97. The van der Waals surface area contributed by atoms with E-state index in [0.29, 0.717) is 19.3 Å². The van der Waals surface area contributed by atoms with Crippen LogP contribution < -0.4 is 0 Å². The summed E-state index contributed by atoms with van der Waals surface area (Å²) in [6.45, 7) is 3.91. The van der Waals surface area contributed by atoms with Crippen LogP contribution in [0, 0.1) is 5.41 Å². The molecule has 20 heavy (non-hydrogen) atoms. The molecule has 114 valence electrons. The predicted octanol–water partition coefficient (Wildman–Crippen LogP) is 2.64. The van der Waals surface area contributed by atoms with Gasteiger partial charge in [-0.15, -0.1) is 0 Å². The summed E-state index contributed by atoms with van der Waals surface area (Å²) < 4.78 is 0. The number of aliphatic hydroxyl groups is 1. The van der Waals surface area contributed by atoms with Crippen LogP contribution in [0.15, 0.2) is 0 Å². The minimum absolute atomic E-state index is 0.00833. The second kappa shape index (κ2) is 5.84. The summed E-state index contributed by atoms with van der Waals surface area (Å²) in [6, 6.07) is 0. The van der Waals surface area contributed by atoms with E-state index >= 15 is 0 Å². The van der Waals surface area contributed by atoms with Crippen LogP contribution in [-0.4, -0.2) is 34.0 Å². The van der Waals surface area contributed by atoms with E-state index in [9.17, 15) is 14.7 Å². The molecule has 4 nitrogen and oxygen atoms in total. The number of aliphatic hydroxyl groups excluding tert-OH is 1. The lowest BCUT2D eigenvalue weighted by Crippen LogP contribution is -2.51. The van der Waals surface area contributed by atoms with Crippen molar-refractivity contribution in [3.05, 3.63) is 0 Å². The van der Waals surface area contributed by atoms with Crippen molar-refractivity contribution in [3.8, 4) is 0 Å². The zero-order chi connectivity index (χ0) is 14.8. The average Bonchev–Trinajstić information content (AvgIpc) is 2.59. The summed E-state index contributed by atoms with van der Waals surface area (Å²) >= 11 is 0. The molecule has 2 aliphatic rings. The van der Waals surface area contributed by atoms with Gasteiger partial charge in [0.25, 0.3) is 0 Å². The van der Waals surface area contributed by atoms with Gasteiger partial charge in [0.15, 0.2) is 0 Å². The third-order valence-corrected chi connectivity index (χ3v) is 5.41. The normalized spacial score (nSPS) is 25.9. The summed E-state index contributed by atoms with van der Waals surface area (Å²) in [5, 5.41) is 9.26. The van der Waals surface area contributed by atoms with Crippen LogP contribution in [0.3, 0.4) is 0 Å². The predicted molar refractivity (Wildman–Crippen MR) is 77.0 cm³/mol.